The third-order valence-electron chi connectivity index (χ3n) is 3.26. The van der Waals surface area contributed by atoms with Crippen LogP contribution >= 0.6 is 11.6 Å². The number of alkyl halides is 1. The van der Waals surface area contributed by atoms with Crippen LogP contribution < -0.4 is 14.2 Å². The standard InChI is InChI=1S/C12H16ClNO6S2/c1-19-11-4-3-8(5-12(11)20-2)22(17,18)14-10-7-21(15,16)6-9(10)13/h3-5,9-10,14H,6-7H2,1-2H3/t9-,10-/m1/s1. The molecular formula is C12H16ClNO6S2. The highest BCUT2D eigenvalue weighted by atomic mass is 35.5. The molecule has 2 atom stereocenters. The van der Waals surface area contributed by atoms with E-state index in [2.05, 4.69) is 4.72 Å². The lowest BCUT2D eigenvalue weighted by molar-refractivity contribution is 0.354. The van der Waals surface area contributed by atoms with Gasteiger partial charge in [-0.3, -0.25) is 0 Å². The van der Waals surface area contributed by atoms with Gasteiger partial charge in [0.1, 0.15) is 0 Å². The first-order chi connectivity index (χ1) is 10.2. The van der Waals surface area contributed by atoms with E-state index in [1.165, 1.54) is 32.4 Å². The fraction of sp³-hybridized carbons (Fsp3) is 0.500. The largest absolute Gasteiger partial charge is 0.493 e. The van der Waals surface area contributed by atoms with E-state index < -0.39 is 31.3 Å². The molecule has 1 N–H and O–H groups in total. The first kappa shape index (κ1) is 17.3. The number of halogens is 1. The molecule has 7 nitrogen and oxygen atoms in total. The van der Waals surface area contributed by atoms with Crippen molar-refractivity contribution >= 4 is 31.5 Å². The molecule has 0 unspecified atom stereocenters. The molecule has 0 spiro atoms. The average Bonchev–Trinajstić information content (AvgIpc) is 2.69. The van der Waals surface area contributed by atoms with Crippen LogP contribution in [0.1, 0.15) is 0 Å². The topological polar surface area (TPSA) is 98.8 Å². The zero-order chi connectivity index (χ0) is 16.5. The first-order valence-corrected chi connectivity index (χ1v) is 10.0. The number of sulfonamides is 1. The Hall–Kier alpha value is -1.03. The third kappa shape index (κ3) is 3.65. The molecule has 1 aromatic carbocycles. The van der Waals surface area contributed by atoms with Gasteiger partial charge in [-0.25, -0.2) is 21.6 Å². The van der Waals surface area contributed by atoms with Crippen LogP contribution in [0.15, 0.2) is 23.1 Å². The lowest BCUT2D eigenvalue weighted by atomic mass is 10.3. The minimum Gasteiger partial charge on any atom is -0.493 e. The Kier molecular flexibility index (Phi) is 4.90. The Bertz CT molecular complexity index is 762. The Balaban J connectivity index is 2.28. The second-order valence-electron chi connectivity index (χ2n) is 4.84. The summed E-state index contributed by atoms with van der Waals surface area (Å²) < 4.78 is 60.1. The summed E-state index contributed by atoms with van der Waals surface area (Å²) in [6.07, 6.45) is 0. The monoisotopic (exact) mass is 369 g/mol. The number of nitrogens with one attached hydrogen (secondary N) is 1. The summed E-state index contributed by atoms with van der Waals surface area (Å²) in [5.74, 6) is 0.0911. The second kappa shape index (κ2) is 6.23. The highest BCUT2D eigenvalue weighted by Crippen LogP contribution is 2.30. The Morgan fingerprint density at radius 3 is 2.32 bits per heavy atom. The van der Waals surface area contributed by atoms with Gasteiger partial charge < -0.3 is 9.47 Å². The van der Waals surface area contributed by atoms with E-state index in [9.17, 15) is 16.8 Å². The molecule has 1 heterocycles. The Morgan fingerprint density at radius 2 is 1.82 bits per heavy atom. The molecule has 22 heavy (non-hydrogen) atoms. The Morgan fingerprint density at radius 1 is 1.18 bits per heavy atom. The number of rotatable bonds is 5. The van der Waals surface area contributed by atoms with E-state index in [0.29, 0.717) is 5.75 Å². The van der Waals surface area contributed by atoms with Gasteiger partial charge in [0.05, 0.1) is 42.0 Å². The van der Waals surface area contributed by atoms with Crippen LogP contribution in [0.2, 0.25) is 0 Å². The number of ether oxygens (including phenoxy) is 2. The highest BCUT2D eigenvalue weighted by molar-refractivity contribution is 7.92. The van der Waals surface area contributed by atoms with Crippen molar-refractivity contribution in [3.63, 3.8) is 0 Å². The van der Waals surface area contributed by atoms with Crippen LogP contribution in [0.4, 0.5) is 0 Å². The molecule has 10 heteroatoms. The smallest absolute Gasteiger partial charge is 0.241 e. The molecule has 0 amide bonds. The molecule has 0 aromatic heterocycles. The molecule has 1 aliphatic rings. The lowest BCUT2D eigenvalue weighted by Gasteiger charge is -2.15. The third-order valence-corrected chi connectivity index (χ3v) is 7.12. The van der Waals surface area contributed by atoms with Crippen molar-refractivity contribution in [1.82, 2.24) is 4.72 Å². The molecule has 0 saturated carbocycles. The van der Waals surface area contributed by atoms with Gasteiger partial charge in [0.25, 0.3) is 0 Å². The summed E-state index contributed by atoms with van der Waals surface area (Å²) >= 11 is 5.91. The van der Waals surface area contributed by atoms with E-state index in [1.807, 2.05) is 0 Å². The van der Waals surface area contributed by atoms with Crippen molar-refractivity contribution < 1.29 is 26.3 Å². The van der Waals surface area contributed by atoms with Crippen LogP contribution in [0.5, 0.6) is 11.5 Å². The zero-order valence-corrected chi connectivity index (χ0v) is 14.3. The van der Waals surface area contributed by atoms with Gasteiger partial charge in [-0.2, -0.15) is 0 Å². The van der Waals surface area contributed by atoms with Crippen LogP contribution in [0, 0.1) is 0 Å². The van der Waals surface area contributed by atoms with Crippen molar-refractivity contribution in [1.29, 1.82) is 0 Å². The fourth-order valence-corrected chi connectivity index (χ4v) is 6.19. The average molecular weight is 370 g/mol. The SMILES string of the molecule is COc1ccc(S(=O)(=O)N[C@@H]2CS(=O)(=O)C[C@H]2Cl)cc1OC. The molecule has 2 rings (SSSR count). The second-order valence-corrected chi connectivity index (χ2v) is 9.27. The van der Waals surface area contributed by atoms with Crippen molar-refractivity contribution in [3.05, 3.63) is 18.2 Å². The van der Waals surface area contributed by atoms with Crippen molar-refractivity contribution in [3.8, 4) is 11.5 Å². The van der Waals surface area contributed by atoms with E-state index in [1.54, 1.807) is 0 Å². The van der Waals surface area contributed by atoms with Crippen molar-refractivity contribution in [2.75, 3.05) is 25.7 Å². The number of methoxy groups -OCH3 is 2. The molecular weight excluding hydrogens is 354 g/mol. The zero-order valence-electron chi connectivity index (χ0n) is 11.9. The quantitative estimate of drug-likeness (QED) is 0.754. The fourth-order valence-electron chi connectivity index (χ4n) is 2.16. The molecule has 1 fully saturated rings. The summed E-state index contributed by atoms with van der Waals surface area (Å²) in [6.45, 7) is 0. The first-order valence-electron chi connectivity index (χ1n) is 6.27. The highest BCUT2D eigenvalue weighted by Gasteiger charge is 2.39. The summed E-state index contributed by atoms with van der Waals surface area (Å²) in [4.78, 5) is -0.0571. The van der Waals surface area contributed by atoms with Gasteiger partial charge in [0.2, 0.25) is 10.0 Å². The molecule has 1 saturated heterocycles. The molecule has 0 radical (unpaired) electrons. The minimum atomic E-state index is -3.92. The van der Waals surface area contributed by atoms with Gasteiger partial charge >= 0.3 is 0 Å². The number of hydrogen-bond acceptors (Lipinski definition) is 6. The Labute approximate surface area is 134 Å². The number of sulfone groups is 1. The number of hydrogen-bond donors (Lipinski definition) is 1. The van der Waals surface area contributed by atoms with E-state index in [4.69, 9.17) is 21.1 Å². The molecule has 1 aliphatic heterocycles. The molecule has 124 valence electrons. The predicted molar refractivity (Wildman–Crippen MR) is 82.0 cm³/mol. The molecule has 0 aliphatic carbocycles. The summed E-state index contributed by atoms with van der Waals surface area (Å²) in [6, 6.07) is 3.24. The van der Waals surface area contributed by atoms with Crippen LogP contribution in [-0.4, -0.2) is 54.0 Å². The lowest BCUT2D eigenvalue weighted by Crippen LogP contribution is -2.40. The normalized spacial score (nSPS) is 24.1. The van der Waals surface area contributed by atoms with Gasteiger partial charge in [-0.1, -0.05) is 0 Å². The van der Waals surface area contributed by atoms with Gasteiger partial charge in [0.15, 0.2) is 21.3 Å². The maximum atomic E-state index is 12.4. The predicted octanol–water partition coefficient (Wildman–Crippen LogP) is 0.386. The van der Waals surface area contributed by atoms with Crippen LogP contribution in [-0.2, 0) is 19.9 Å². The van der Waals surface area contributed by atoms with Gasteiger partial charge in [-0.05, 0) is 12.1 Å². The van der Waals surface area contributed by atoms with Crippen LogP contribution in [0.25, 0.3) is 0 Å². The summed E-state index contributed by atoms with van der Waals surface area (Å²) in [5, 5.41) is -0.792. The summed E-state index contributed by atoms with van der Waals surface area (Å²) in [5.41, 5.74) is 0. The van der Waals surface area contributed by atoms with Crippen LogP contribution in [0.3, 0.4) is 0 Å². The molecule has 0 bridgehead atoms. The van der Waals surface area contributed by atoms with E-state index in [-0.39, 0.29) is 22.2 Å². The minimum absolute atomic E-state index is 0.0571. The summed E-state index contributed by atoms with van der Waals surface area (Å²) in [7, 11) is -4.42. The van der Waals surface area contributed by atoms with Crippen molar-refractivity contribution in [2.24, 2.45) is 0 Å². The van der Waals surface area contributed by atoms with Gasteiger partial charge in [0, 0.05) is 6.07 Å². The molecule has 1 aromatic rings. The van der Waals surface area contributed by atoms with E-state index in [0.717, 1.165) is 0 Å². The maximum Gasteiger partial charge on any atom is 0.241 e. The maximum absolute atomic E-state index is 12.4. The van der Waals surface area contributed by atoms with E-state index >= 15 is 0 Å². The van der Waals surface area contributed by atoms with Gasteiger partial charge in [-0.15, -0.1) is 11.6 Å². The van der Waals surface area contributed by atoms with Crippen molar-refractivity contribution in [2.45, 2.75) is 16.3 Å². The number of benzene rings is 1.